The highest BCUT2D eigenvalue weighted by Gasteiger charge is 2.15. The number of amides is 1. The third-order valence-corrected chi connectivity index (χ3v) is 2.30. The molecule has 1 aromatic carbocycles. The van der Waals surface area contributed by atoms with Crippen molar-refractivity contribution in [2.45, 2.75) is 12.5 Å². The Bertz CT molecular complexity index is 404. The third kappa shape index (κ3) is 3.06. The molecule has 5 nitrogen and oxygen atoms in total. The number of nitrogens with two attached hydrogens (primary N) is 1. The smallest absolute Gasteiger partial charge is 0.321 e. The topological polar surface area (TPSA) is 92.4 Å². The van der Waals surface area contributed by atoms with Gasteiger partial charge in [-0.1, -0.05) is 12.1 Å². The Kier molecular flexibility index (Phi) is 4.02. The normalized spacial score (nSPS) is 12.1. The fraction of sp³-hybridized carbons (Fsp3) is 0.273. The molecule has 0 aromatic heterocycles. The molecule has 1 atom stereocenters. The fourth-order valence-corrected chi connectivity index (χ4v) is 1.40. The van der Waals surface area contributed by atoms with Gasteiger partial charge in [-0.2, -0.15) is 0 Å². The van der Waals surface area contributed by atoms with E-state index in [9.17, 15) is 9.59 Å². The Morgan fingerprint density at radius 1 is 1.50 bits per heavy atom. The van der Waals surface area contributed by atoms with E-state index in [1.165, 1.54) is 0 Å². The van der Waals surface area contributed by atoms with Crippen LogP contribution in [0, 0.1) is 0 Å². The monoisotopic (exact) mass is 222 g/mol. The van der Waals surface area contributed by atoms with E-state index in [2.05, 4.69) is 5.32 Å². The SMILES string of the molecule is CNC(Cc1cccc(C(N)=O)c1)C(=O)O. The molecule has 0 spiro atoms. The van der Waals surface area contributed by atoms with E-state index >= 15 is 0 Å². The van der Waals surface area contributed by atoms with E-state index in [4.69, 9.17) is 10.8 Å². The third-order valence-electron chi connectivity index (χ3n) is 2.30. The summed E-state index contributed by atoms with van der Waals surface area (Å²) in [5, 5.41) is 11.5. The molecule has 1 aromatic rings. The molecular formula is C11H14N2O3. The quantitative estimate of drug-likeness (QED) is 0.653. The summed E-state index contributed by atoms with van der Waals surface area (Å²) in [6, 6.07) is 5.99. The maximum absolute atomic E-state index is 10.9. The van der Waals surface area contributed by atoms with Crippen molar-refractivity contribution < 1.29 is 14.7 Å². The van der Waals surface area contributed by atoms with Crippen LogP contribution in [0.4, 0.5) is 0 Å². The Morgan fingerprint density at radius 3 is 2.69 bits per heavy atom. The highest BCUT2D eigenvalue weighted by atomic mass is 16.4. The number of benzene rings is 1. The molecule has 1 unspecified atom stereocenters. The standard InChI is InChI=1S/C11H14N2O3/c1-13-9(11(15)16)6-7-3-2-4-8(5-7)10(12)14/h2-5,9,13H,6H2,1H3,(H2,12,14)(H,15,16). The molecule has 4 N–H and O–H groups in total. The van der Waals surface area contributed by atoms with Crippen LogP contribution in [0.15, 0.2) is 24.3 Å². The van der Waals surface area contributed by atoms with Crippen LogP contribution in [-0.2, 0) is 11.2 Å². The molecule has 0 saturated carbocycles. The van der Waals surface area contributed by atoms with Crippen LogP contribution in [0.2, 0.25) is 0 Å². The molecule has 0 aliphatic carbocycles. The van der Waals surface area contributed by atoms with E-state index in [1.54, 1.807) is 31.3 Å². The lowest BCUT2D eigenvalue weighted by molar-refractivity contribution is -0.139. The van der Waals surface area contributed by atoms with Crippen molar-refractivity contribution in [1.29, 1.82) is 0 Å². The molecule has 0 bridgehead atoms. The number of carboxylic acids is 1. The van der Waals surface area contributed by atoms with Crippen molar-refractivity contribution in [1.82, 2.24) is 5.32 Å². The van der Waals surface area contributed by atoms with Crippen LogP contribution in [-0.4, -0.2) is 30.1 Å². The molecule has 0 saturated heterocycles. The average Bonchev–Trinajstić information content (AvgIpc) is 2.25. The molecule has 0 aliphatic rings. The van der Waals surface area contributed by atoms with Gasteiger partial charge in [0.25, 0.3) is 0 Å². The van der Waals surface area contributed by atoms with Gasteiger partial charge >= 0.3 is 5.97 Å². The summed E-state index contributed by atoms with van der Waals surface area (Å²) in [7, 11) is 1.58. The van der Waals surface area contributed by atoms with Crippen LogP contribution in [0.5, 0.6) is 0 Å². The summed E-state index contributed by atoms with van der Waals surface area (Å²) in [5.41, 5.74) is 6.28. The van der Waals surface area contributed by atoms with Crippen LogP contribution in [0.1, 0.15) is 15.9 Å². The van der Waals surface area contributed by atoms with Gasteiger partial charge in [-0.25, -0.2) is 0 Å². The molecule has 16 heavy (non-hydrogen) atoms. The summed E-state index contributed by atoms with van der Waals surface area (Å²) in [6.07, 6.45) is 0.312. The molecule has 0 aliphatic heterocycles. The minimum Gasteiger partial charge on any atom is -0.480 e. The average molecular weight is 222 g/mol. The fourth-order valence-electron chi connectivity index (χ4n) is 1.40. The number of primary amides is 1. The van der Waals surface area contributed by atoms with Crippen molar-refractivity contribution in [2.24, 2.45) is 5.73 Å². The number of aliphatic carboxylic acids is 1. The first kappa shape index (κ1) is 12.2. The molecule has 0 heterocycles. The van der Waals surface area contributed by atoms with Crippen molar-refractivity contribution in [3.05, 3.63) is 35.4 Å². The summed E-state index contributed by atoms with van der Waals surface area (Å²) in [4.78, 5) is 21.7. The highest BCUT2D eigenvalue weighted by Crippen LogP contribution is 2.07. The maximum Gasteiger partial charge on any atom is 0.321 e. The van der Waals surface area contributed by atoms with Crippen molar-refractivity contribution in [3.63, 3.8) is 0 Å². The number of nitrogens with one attached hydrogen (secondary N) is 1. The zero-order valence-electron chi connectivity index (χ0n) is 8.93. The van der Waals surface area contributed by atoms with Gasteiger partial charge in [0, 0.05) is 5.56 Å². The molecular weight excluding hydrogens is 208 g/mol. The van der Waals surface area contributed by atoms with Gasteiger partial charge in [0.1, 0.15) is 6.04 Å². The van der Waals surface area contributed by atoms with E-state index in [0.717, 1.165) is 5.56 Å². The first-order chi connectivity index (χ1) is 7.54. The summed E-state index contributed by atoms with van der Waals surface area (Å²) in [6.45, 7) is 0. The molecule has 86 valence electrons. The van der Waals surface area contributed by atoms with E-state index in [0.29, 0.717) is 12.0 Å². The lowest BCUT2D eigenvalue weighted by Crippen LogP contribution is -2.35. The second-order valence-corrected chi connectivity index (χ2v) is 3.45. The Hall–Kier alpha value is -1.88. The van der Waals surface area contributed by atoms with Gasteiger partial charge in [0.2, 0.25) is 5.91 Å². The van der Waals surface area contributed by atoms with Gasteiger partial charge in [-0.15, -0.1) is 0 Å². The lowest BCUT2D eigenvalue weighted by Gasteiger charge is -2.11. The first-order valence-electron chi connectivity index (χ1n) is 4.83. The van der Waals surface area contributed by atoms with Crippen LogP contribution >= 0.6 is 0 Å². The van der Waals surface area contributed by atoms with Crippen LogP contribution in [0.3, 0.4) is 0 Å². The zero-order valence-corrected chi connectivity index (χ0v) is 8.93. The van der Waals surface area contributed by atoms with E-state index in [1.807, 2.05) is 0 Å². The second kappa shape index (κ2) is 5.27. The predicted octanol–water partition coefficient (Wildman–Crippen LogP) is 0.000600. The number of carboxylic acid groups (broad SMARTS) is 1. The molecule has 1 rings (SSSR count). The van der Waals surface area contributed by atoms with E-state index < -0.39 is 17.9 Å². The van der Waals surface area contributed by atoms with Crippen LogP contribution < -0.4 is 11.1 Å². The molecule has 0 radical (unpaired) electrons. The zero-order chi connectivity index (χ0) is 12.1. The van der Waals surface area contributed by atoms with Gasteiger partial charge in [0.15, 0.2) is 0 Å². The number of carbonyl (C=O) groups excluding carboxylic acids is 1. The van der Waals surface area contributed by atoms with Gasteiger partial charge in [0.05, 0.1) is 0 Å². The summed E-state index contributed by atoms with van der Waals surface area (Å²) < 4.78 is 0. The second-order valence-electron chi connectivity index (χ2n) is 3.45. The van der Waals surface area contributed by atoms with Gasteiger partial charge < -0.3 is 16.2 Å². The maximum atomic E-state index is 10.9. The summed E-state index contributed by atoms with van der Waals surface area (Å²) >= 11 is 0. The number of hydrogen-bond acceptors (Lipinski definition) is 3. The Labute approximate surface area is 93.3 Å². The summed E-state index contributed by atoms with van der Waals surface area (Å²) in [5.74, 6) is -1.44. The van der Waals surface area contributed by atoms with Gasteiger partial charge in [-0.05, 0) is 31.2 Å². The van der Waals surface area contributed by atoms with E-state index in [-0.39, 0.29) is 0 Å². The van der Waals surface area contributed by atoms with Crippen molar-refractivity contribution >= 4 is 11.9 Å². The number of carbonyl (C=O) groups is 2. The first-order valence-corrected chi connectivity index (χ1v) is 4.83. The highest BCUT2D eigenvalue weighted by molar-refractivity contribution is 5.92. The van der Waals surface area contributed by atoms with Crippen LogP contribution in [0.25, 0.3) is 0 Å². The van der Waals surface area contributed by atoms with Crippen molar-refractivity contribution in [2.75, 3.05) is 7.05 Å². The number of hydrogen-bond donors (Lipinski definition) is 3. The predicted molar refractivity (Wildman–Crippen MR) is 59.1 cm³/mol. The molecule has 1 amide bonds. The largest absolute Gasteiger partial charge is 0.480 e. The van der Waals surface area contributed by atoms with Crippen molar-refractivity contribution in [3.8, 4) is 0 Å². The van der Waals surface area contributed by atoms with Gasteiger partial charge in [-0.3, -0.25) is 9.59 Å². The number of rotatable bonds is 5. The minimum absolute atomic E-state index is 0.312. The number of likely N-dealkylation sites (N-methyl/N-ethyl adjacent to an activating group) is 1. The lowest BCUT2D eigenvalue weighted by atomic mass is 10.0. The Balaban J connectivity index is 2.84. The Morgan fingerprint density at radius 2 is 2.19 bits per heavy atom. The molecule has 0 fully saturated rings. The minimum atomic E-state index is -0.924. The molecule has 5 heteroatoms.